The highest BCUT2D eigenvalue weighted by atomic mass is 35.5. The van der Waals surface area contributed by atoms with E-state index < -0.39 is 12.3 Å². The van der Waals surface area contributed by atoms with Crippen LogP contribution in [0.4, 0.5) is 0 Å². The topological polar surface area (TPSA) is 35.5 Å². The van der Waals surface area contributed by atoms with Gasteiger partial charge in [-0.15, -0.1) is 0 Å². The van der Waals surface area contributed by atoms with Crippen LogP contribution in [-0.2, 0) is 20.9 Å². The van der Waals surface area contributed by atoms with Crippen LogP contribution in [0.2, 0.25) is 0 Å². The van der Waals surface area contributed by atoms with Crippen LogP contribution in [0.5, 0.6) is 0 Å². The van der Waals surface area contributed by atoms with Crippen LogP contribution < -0.4 is 0 Å². The molecule has 4 heteroatoms. The minimum absolute atomic E-state index is 0.115. The van der Waals surface area contributed by atoms with Crippen molar-refractivity contribution in [1.29, 1.82) is 0 Å². The molecular formula is C14H15ClO3. The third kappa shape index (κ3) is 2.74. The smallest absolute Gasteiger partial charge is 0.352 e. The van der Waals surface area contributed by atoms with E-state index in [2.05, 4.69) is 0 Å². The van der Waals surface area contributed by atoms with Crippen LogP contribution in [0, 0.1) is 5.92 Å². The molecule has 0 fully saturated rings. The molecule has 0 amide bonds. The molecule has 1 aliphatic heterocycles. The second-order valence-electron chi connectivity index (χ2n) is 4.46. The zero-order valence-corrected chi connectivity index (χ0v) is 11.1. The zero-order chi connectivity index (χ0) is 13.1. The number of hydrogen-bond acceptors (Lipinski definition) is 3. The van der Waals surface area contributed by atoms with Gasteiger partial charge in [-0.2, -0.15) is 0 Å². The van der Waals surface area contributed by atoms with Gasteiger partial charge in [0.25, 0.3) is 0 Å². The third-order valence-electron chi connectivity index (χ3n) is 2.77. The average Bonchev–Trinajstić information content (AvgIpc) is 2.64. The van der Waals surface area contributed by atoms with Gasteiger partial charge in [0, 0.05) is 5.57 Å². The predicted octanol–water partition coefficient (Wildman–Crippen LogP) is 3.24. The van der Waals surface area contributed by atoms with Crippen LogP contribution in [0.3, 0.4) is 0 Å². The van der Waals surface area contributed by atoms with Crippen molar-refractivity contribution < 1.29 is 14.3 Å². The summed E-state index contributed by atoms with van der Waals surface area (Å²) in [5.74, 6) is -0.386. The number of halogens is 1. The molecule has 1 heterocycles. The molecular weight excluding hydrogens is 252 g/mol. The summed E-state index contributed by atoms with van der Waals surface area (Å²) in [6.45, 7) is 4.30. The Bertz CT molecular complexity index is 465. The minimum Gasteiger partial charge on any atom is -0.427 e. The fourth-order valence-electron chi connectivity index (χ4n) is 1.83. The first-order valence-corrected chi connectivity index (χ1v) is 6.23. The van der Waals surface area contributed by atoms with Gasteiger partial charge in [-0.1, -0.05) is 55.8 Å². The van der Waals surface area contributed by atoms with Gasteiger partial charge in [0.2, 0.25) is 6.29 Å². The van der Waals surface area contributed by atoms with Crippen molar-refractivity contribution in [2.24, 2.45) is 5.92 Å². The number of rotatable bonds is 4. The van der Waals surface area contributed by atoms with Crippen LogP contribution in [0.15, 0.2) is 40.9 Å². The maximum Gasteiger partial charge on any atom is 0.352 e. The molecule has 0 aromatic heterocycles. The average molecular weight is 267 g/mol. The highest BCUT2D eigenvalue weighted by Gasteiger charge is 2.35. The van der Waals surface area contributed by atoms with E-state index >= 15 is 0 Å². The lowest BCUT2D eigenvalue weighted by Crippen LogP contribution is -2.18. The van der Waals surface area contributed by atoms with Crippen molar-refractivity contribution in [3.05, 3.63) is 46.5 Å². The summed E-state index contributed by atoms with van der Waals surface area (Å²) in [6.07, 6.45) is -0.662. The zero-order valence-electron chi connectivity index (χ0n) is 10.4. The monoisotopic (exact) mass is 266 g/mol. The second kappa shape index (κ2) is 5.55. The van der Waals surface area contributed by atoms with Crippen LogP contribution in [0.1, 0.15) is 19.4 Å². The highest BCUT2D eigenvalue weighted by molar-refractivity contribution is 6.42. The number of ether oxygens (including phenoxy) is 2. The van der Waals surface area contributed by atoms with Gasteiger partial charge in [-0.3, -0.25) is 0 Å². The van der Waals surface area contributed by atoms with Crippen molar-refractivity contribution in [3.8, 4) is 0 Å². The van der Waals surface area contributed by atoms with E-state index in [0.717, 1.165) is 11.1 Å². The van der Waals surface area contributed by atoms with Crippen molar-refractivity contribution in [3.63, 3.8) is 0 Å². The number of carbonyl (C=O) groups is 1. The number of hydrogen-bond donors (Lipinski definition) is 0. The standard InChI is InChI=1S/C14H15ClO3/c1-9(2)11-12(15)13(16)18-14(11)17-8-10-6-4-3-5-7-10/h3-7,9,14H,8H2,1-2H3. The first-order valence-electron chi connectivity index (χ1n) is 5.85. The fourth-order valence-corrected chi connectivity index (χ4v) is 2.18. The summed E-state index contributed by atoms with van der Waals surface area (Å²) in [6, 6.07) is 9.72. The summed E-state index contributed by atoms with van der Waals surface area (Å²) in [5, 5.41) is 0.156. The Labute approximate surface area is 111 Å². The van der Waals surface area contributed by atoms with Crippen molar-refractivity contribution in [2.45, 2.75) is 26.7 Å². The van der Waals surface area contributed by atoms with Gasteiger partial charge in [0.15, 0.2) is 0 Å². The SMILES string of the molecule is CC(C)C1=C(Cl)C(=O)OC1OCc1ccccc1. The number of benzene rings is 1. The van der Waals surface area contributed by atoms with Crippen molar-refractivity contribution >= 4 is 17.6 Å². The Balaban J connectivity index is 2.04. The number of esters is 1. The minimum atomic E-state index is -0.662. The Kier molecular flexibility index (Phi) is 4.04. The second-order valence-corrected chi connectivity index (χ2v) is 4.84. The number of cyclic esters (lactones) is 1. The van der Waals surface area contributed by atoms with Crippen LogP contribution >= 0.6 is 11.6 Å². The van der Waals surface area contributed by atoms with Crippen LogP contribution in [-0.4, -0.2) is 12.3 Å². The third-order valence-corrected chi connectivity index (χ3v) is 3.14. The summed E-state index contributed by atoms with van der Waals surface area (Å²) in [7, 11) is 0. The first kappa shape index (κ1) is 13.1. The van der Waals surface area contributed by atoms with Crippen molar-refractivity contribution in [2.75, 3.05) is 0 Å². The Morgan fingerprint density at radius 2 is 2.00 bits per heavy atom. The molecule has 0 N–H and O–H groups in total. The molecule has 0 saturated carbocycles. The molecule has 18 heavy (non-hydrogen) atoms. The summed E-state index contributed by atoms with van der Waals surface area (Å²) in [4.78, 5) is 11.4. The molecule has 1 atom stereocenters. The molecule has 3 nitrogen and oxygen atoms in total. The van der Waals surface area contributed by atoms with Gasteiger partial charge in [-0.25, -0.2) is 4.79 Å². The van der Waals surface area contributed by atoms with E-state index in [0.29, 0.717) is 6.61 Å². The molecule has 1 aliphatic rings. The molecule has 1 aromatic rings. The molecule has 0 radical (unpaired) electrons. The maximum absolute atomic E-state index is 11.4. The molecule has 0 saturated heterocycles. The molecule has 0 spiro atoms. The molecule has 0 aliphatic carbocycles. The number of carbonyl (C=O) groups excluding carboxylic acids is 1. The lowest BCUT2D eigenvalue weighted by Gasteiger charge is -2.17. The van der Waals surface area contributed by atoms with E-state index in [9.17, 15) is 4.79 Å². The largest absolute Gasteiger partial charge is 0.427 e. The molecule has 96 valence electrons. The normalized spacial score (nSPS) is 19.6. The van der Waals surface area contributed by atoms with Gasteiger partial charge in [0.05, 0.1) is 6.61 Å². The van der Waals surface area contributed by atoms with E-state index in [1.807, 2.05) is 44.2 Å². The molecule has 0 bridgehead atoms. The predicted molar refractivity (Wildman–Crippen MR) is 68.8 cm³/mol. The van der Waals surface area contributed by atoms with E-state index in [4.69, 9.17) is 21.1 Å². The van der Waals surface area contributed by atoms with Gasteiger partial charge in [0.1, 0.15) is 5.03 Å². The van der Waals surface area contributed by atoms with Gasteiger partial charge in [-0.05, 0) is 11.5 Å². The molecule has 1 aromatic carbocycles. The highest BCUT2D eigenvalue weighted by Crippen LogP contribution is 2.32. The van der Waals surface area contributed by atoms with Crippen molar-refractivity contribution in [1.82, 2.24) is 0 Å². The van der Waals surface area contributed by atoms with Gasteiger partial charge < -0.3 is 9.47 Å². The summed E-state index contributed by atoms with van der Waals surface area (Å²) < 4.78 is 10.7. The fraction of sp³-hybridized carbons (Fsp3) is 0.357. The Morgan fingerprint density at radius 1 is 1.33 bits per heavy atom. The quantitative estimate of drug-likeness (QED) is 0.785. The van der Waals surface area contributed by atoms with E-state index in [-0.39, 0.29) is 11.0 Å². The van der Waals surface area contributed by atoms with E-state index in [1.165, 1.54) is 0 Å². The lowest BCUT2D eigenvalue weighted by atomic mass is 10.0. The van der Waals surface area contributed by atoms with Crippen LogP contribution in [0.25, 0.3) is 0 Å². The first-order chi connectivity index (χ1) is 8.59. The van der Waals surface area contributed by atoms with E-state index in [1.54, 1.807) is 0 Å². The summed E-state index contributed by atoms with van der Waals surface area (Å²) >= 11 is 5.93. The Hall–Kier alpha value is -1.32. The lowest BCUT2D eigenvalue weighted by molar-refractivity contribution is -0.162. The maximum atomic E-state index is 11.4. The van der Waals surface area contributed by atoms with Gasteiger partial charge >= 0.3 is 5.97 Å². The summed E-state index contributed by atoms with van der Waals surface area (Å²) in [5.41, 5.74) is 1.75. The molecule has 2 rings (SSSR count). The molecule has 1 unspecified atom stereocenters. The Morgan fingerprint density at radius 3 is 2.61 bits per heavy atom.